The maximum Gasteiger partial charge on any atom is 0.244 e. The molecular weight excluding hydrogens is 382 g/mol. The van der Waals surface area contributed by atoms with Crippen LogP contribution >= 0.6 is 11.8 Å². The topological polar surface area (TPSA) is 64.4 Å². The summed E-state index contributed by atoms with van der Waals surface area (Å²) < 4.78 is 34.9. The van der Waals surface area contributed by atoms with Gasteiger partial charge in [-0.3, -0.25) is 0 Å². The molecule has 1 atom stereocenters. The van der Waals surface area contributed by atoms with E-state index >= 15 is 0 Å². The molecule has 0 bridgehead atoms. The molecular formula is C19H19N3O3S2. The van der Waals surface area contributed by atoms with Crippen LogP contribution in [0.1, 0.15) is 10.9 Å². The second-order valence-electron chi connectivity index (χ2n) is 6.06. The zero-order chi connectivity index (χ0) is 18.9. The highest BCUT2D eigenvalue weighted by atomic mass is 32.2. The van der Waals surface area contributed by atoms with Crippen LogP contribution in [0.4, 0.5) is 0 Å². The van der Waals surface area contributed by atoms with Gasteiger partial charge in [0.1, 0.15) is 5.75 Å². The van der Waals surface area contributed by atoms with E-state index in [1.54, 1.807) is 58.3 Å². The Labute approximate surface area is 162 Å². The Bertz CT molecular complexity index is 1000. The SMILES string of the molecule is COc1ccc(C2SCCN2S(=O)(=O)c2ccc(-n3cccn3)cc2)cc1. The third-order valence-electron chi connectivity index (χ3n) is 4.46. The van der Waals surface area contributed by atoms with E-state index in [0.717, 1.165) is 22.8 Å². The van der Waals surface area contributed by atoms with Crippen LogP contribution in [-0.2, 0) is 10.0 Å². The molecule has 1 fully saturated rings. The molecule has 3 aromatic rings. The number of hydrogen-bond acceptors (Lipinski definition) is 5. The summed E-state index contributed by atoms with van der Waals surface area (Å²) >= 11 is 1.63. The number of aromatic nitrogens is 2. The van der Waals surface area contributed by atoms with Gasteiger partial charge < -0.3 is 4.74 Å². The van der Waals surface area contributed by atoms with Crippen molar-refractivity contribution in [2.24, 2.45) is 0 Å². The number of sulfonamides is 1. The van der Waals surface area contributed by atoms with Crippen LogP contribution in [0.3, 0.4) is 0 Å². The lowest BCUT2D eigenvalue weighted by Gasteiger charge is -2.23. The van der Waals surface area contributed by atoms with E-state index < -0.39 is 10.0 Å². The van der Waals surface area contributed by atoms with Gasteiger partial charge in [-0.1, -0.05) is 12.1 Å². The third-order valence-corrected chi connectivity index (χ3v) is 7.74. The highest BCUT2D eigenvalue weighted by Crippen LogP contribution is 2.41. The van der Waals surface area contributed by atoms with Crippen molar-refractivity contribution < 1.29 is 13.2 Å². The van der Waals surface area contributed by atoms with Crippen molar-refractivity contribution in [2.45, 2.75) is 10.3 Å². The van der Waals surface area contributed by atoms with Gasteiger partial charge in [0, 0.05) is 24.7 Å². The Hall–Kier alpha value is -2.29. The maximum atomic E-state index is 13.2. The van der Waals surface area contributed by atoms with Crippen LogP contribution in [0.25, 0.3) is 5.69 Å². The Kier molecular flexibility index (Phi) is 4.94. The predicted octanol–water partition coefficient (Wildman–Crippen LogP) is 3.32. The van der Waals surface area contributed by atoms with Crippen molar-refractivity contribution in [3.8, 4) is 11.4 Å². The minimum absolute atomic E-state index is 0.230. The van der Waals surface area contributed by atoms with Gasteiger partial charge in [0.25, 0.3) is 0 Å². The smallest absolute Gasteiger partial charge is 0.244 e. The van der Waals surface area contributed by atoms with E-state index in [9.17, 15) is 8.42 Å². The number of methoxy groups -OCH3 is 1. The minimum Gasteiger partial charge on any atom is -0.497 e. The van der Waals surface area contributed by atoms with E-state index in [0.29, 0.717) is 11.4 Å². The first kappa shape index (κ1) is 18.1. The second kappa shape index (κ2) is 7.38. The summed E-state index contributed by atoms with van der Waals surface area (Å²) in [6, 6.07) is 16.2. The first-order chi connectivity index (χ1) is 13.1. The number of thioether (sulfide) groups is 1. The Morgan fingerprint density at radius 1 is 1.11 bits per heavy atom. The second-order valence-corrected chi connectivity index (χ2v) is 9.14. The molecule has 0 radical (unpaired) electrons. The molecule has 2 aromatic carbocycles. The van der Waals surface area contributed by atoms with Gasteiger partial charge in [-0.25, -0.2) is 13.1 Å². The summed E-state index contributed by atoms with van der Waals surface area (Å²) in [5.74, 6) is 1.52. The third kappa shape index (κ3) is 3.47. The van der Waals surface area contributed by atoms with Crippen LogP contribution in [0.2, 0.25) is 0 Å². The van der Waals surface area contributed by atoms with Crippen molar-refractivity contribution in [1.29, 1.82) is 0 Å². The lowest BCUT2D eigenvalue weighted by atomic mass is 10.2. The molecule has 140 valence electrons. The lowest BCUT2D eigenvalue weighted by Crippen LogP contribution is -2.30. The van der Waals surface area contributed by atoms with Crippen molar-refractivity contribution in [3.05, 3.63) is 72.6 Å². The highest BCUT2D eigenvalue weighted by molar-refractivity contribution is 8.01. The van der Waals surface area contributed by atoms with Gasteiger partial charge in [-0.15, -0.1) is 11.8 Å². The zero-order valence-electron chi connectivity index (χ0n) is 14.7. The van der Waals surface area contributed by atoms with E-state index in [1.807, 2.05) is 36.5 Å². The summed E-state index contributed by atoms with van der Waals surface area (Å²) in [7, 11) is -1.97. The summed E-state index contributed by atoms with van der Waals surface area (Å²) in [4.78, 5) is 0.291. The Balaban J connectivity index is 1.61. The Morgan fingerprint density at radius 2 is 1.85 bits per heavy atom. The fourth-order valence-electron chi connectivity index (χ4n) is 3.06. The molecule has 2 heterocycles. The molecule has 0 amide bonds. The summed E-state index contributed by atoms with van der Waals surface area (Å²) in [6.45, 7) is 0.491. The number of nitrogens with zero attached hydrogens (tertiary/aromatic N) is 3. The molecule has 8 heteroatoms. The van der Waals surface area contributed by atoms with E-state index in [2.05, 4.69) is 5.10 Å². The molecule has 1 aliphatic rings. The number of hydrogen-bond donors (Lipinski definition) is 0. The summed E-state index contributed by atoms with van der Waals surface area (Å²) in [5.41, 5.74) is 1.77. The normalized spacial score (nSPS) is 17.9. The summed E-state index contributed by atoms with van der Waals surface area (Å²) in [5, 5.41) is 3.93. The van der Waals surface area contributed by atoms with Crippen molar-refractivity contribution >= 4 is 21.8 Å². The largest absolute Gasteiger partial charge is 0.497 e. The van der Waals surface area contributed by atoms with Gasteiger partial charge in [0.2, 0.25) is 10.0 Å². The van der Waals surface area contributed by atoms with Crippen molar-refractivity contribution in [3.63, 3.8) is 0 Å². The van der Waals surface area contributed by atoms with Crippen LogP contribution in [-0.4, -0.2) is 41.9 Å². The highest BCUT2D eigenvalue weighted by Gasteiger charge is 2.36. The average Bonchev–Trinajstić information content (AvgIpc) is 3.40. The quantitative estimate of drug-likeness (QED) is 0.656. The maximum absolute atomic E-state index is 13.2. The van der Waals surface area contributed by atoms with E-state index in [-0.39, 0.29) is 5.37 Å². The van der Waals surface area contributed by atoms with E-state index in [1.165, 1.54) is 0 Å². The predicted molar refractivity (Wildman–Crippen MR) is 106 cm³/mol. The molecule has 0 aliphatic carbocycles. The molecule has 0 N–H and O–H groups in total. The first-order valence-electron chi connectivity index (χ1n) is 8.47. The molecule has 0 saturated carbocycles. The number of benzene rings is 2. The molecule has 0 spiro atoms. The molecule has 1 saturated heterocycles. The molecule has 6 nitrogen and oxygen atoms in total. The van der Waals surface area contributed by atoms with Crippen LogP contribution in [0.5, 0.6) is 5.75 Å². The lowest BCUT2D eigenvalue weighted by molar-refractivity contribution is 0.413. The first-order valence-corrected chi connectivity index (χ1v) is 11.0. The monoisotopic (exact) mass is 401 g/mol. The Morgan fingerprint density at radius 3 is 2.48 bits per heavy atom. The fraction of sp³-hybridized carbons (Fsp3) is 0.211. The minimum atomic E-state index is -3.59. The molecule has 1 aromatic heterocycles. The standard InChI is InChI=1S/C19H19N3O3S2/c1-25-17-7-3-15(4-8-17)19-22(13-14-26-19)27(23,24)18-9-5-16(6-10-18)21-12-2-11-20-21/h2-12,19H,13-14H2,1H3. The van der Waals surface area contributed by atoms with E-state index in [4.69, 9.17) is 4.74 Å². The molecule has 27 heavy (non-hydrogen) atoms. The molecule has 1 unspecified atom stereocenters. The summed E-state index contributed by atoms with van der Waals surface area (Å²) in [6.07, 6.45) is 3.51. The van der Waals surface area contributed by atoms with Gasteiger partial charge in [-0.2, -0.15) is 9.40 Å². The van der Waals surface area contributed by atoms with Gasteiger partial charge in [0.05, 0.1) is 23.1 Å². The molecule has 1 aliphatic heterocycles. The average molecular weight is 402 g/mol. The number of ether oxygens (including phenoxy) is 1. The van der Waals surface area contributed by atoms with Crippen molar-refractivity contribution in [1.82, 2.24) is 14.1 Å². The van der Waals surface area contributed by atoms with Gasteiger partial charge in [0.15, 0.2) is 0 Å². The molecule has 4 rings (SSSR count). The van der Waals surface area contributed by atoms with Crippen molar-refractivity contribution in [2.75, 3.05) is 19.4 Å². The number of rotatable bonds is 5. The fourth-order valence-corrected chi connectivity index (χ4v) is 6.30. The van der Waals surface area contributed by atoms with Crippen LogP contribution in [0, 0.1) is 0 Å². The van der Waals surface area contributed by atoms with Gasteiger partial charge in [-0.05, 0) is 48.0 Å². The zero-order valence-corrected chi connectivity index (χ0v) is 16.4. The van der Waals surface area contributed by atoms with Crippen LogP contribution in [0.15, 0.2) is 71.9 Å². The van der Waals surface area contributed by atoms with Crippen LogP contribution < -0.4 is 4.74 Å². The van der Waals surface area contributed by atoms with Gasteiger partial charge >= 0.3 is 0 Å².